The first-order valence-corrected chi connectivity index (χ1v) is 11.4. The van der Waals surface area contributed by atoms with Crippen molar-refractivity contribution in [2.75, 3.05) is 25.3 Å². The summed E-state index contributed by atoms with van der Waals surface area (Å²) < 4.78 is 20.7. The molecule has 3 aromatic carbocycles. The number of ether oxygens (including phenoxy) is 4. The van der Waals surface area contributed by atoms with Crippen LogP contribution in [0.4, 0.5) is 5.69 Å². The van der Waals surface area contributed by atoms with Crippen LogP contribution in [0.15, 0.2) is 112 Å². The number of amides is 1. The normalized spacial score (nSPS) is 11.6. The van der Waals surface area contributed by atoms with Gasteiger partial charge in [0, 0.05) is 12.1 Å². The van der Waals surface area contributed by atoms with E-state index in [0.717, 1.165) is 35.1 Å². The highest BCUT2D eigenvalue weighted by Gasteiger charge is 2.12. The first-order valence-electron chi connectivity index (χ1n) is 11.4. The molecule has 0 aromatic heterocycles. The lowest BCUT2D eigenvalue weighted by atomic mass is 10.0. The third kappa shape index (κ3) is 13.1. The van der Waals surface area contributed by atoms with E-state index in [2.05, 4.69) is 50.9 Å². The van der Waals surface area contributed by atoms with Crippen LogP contribution in [0.3, 0.4) is 0 Å². The van der Waals surface area contributed by atoms with Crippen LogP contribution in [0.5, 0.6) is 23.0 Å². The summed E-state index contributed by atoms with van der Waals surface area (Å²) in [6.07, 6.45) is 1.50. The summed E-state index contributed by atoms with van der Waals surface area (Å²) >= 11 is 0. The Morgan fingerprint density at radius 3 is 1.38 bits per heavy atom. The van der Waals surface area contributed by atoms with Crippen LogP contribution in [-0.4, -0.2) is 25.9 Å². The zero-order valence-electron chi connectivity index (χ0n) is 20.7. The molecular weight excluding hydrogens is 490 g/mol. The van der Waals surface area contributed by atoms with Crippen molar-refractivity contribution in [1.82, 2.24) is 0 Å². The zero-order chi connectivity index (χ0) is 26.6. The third-order valence-corrected chi connectivity index (χ3v) is 4.64. The zero-order valence-corrected chi connectivity index (χ0v) is 20.7. The van der Waals surface area contributed by atoms with E-state index in [4.69, 9.17) is 18.9 Å². The number of rotatable bonds is 0. The van der Waals surface area contributed by atoms with Gasteiger partial charge in [0.25, 0.3) is 0 Å². The minimum absolute atomic E-state index is 0. The van der Waals surface area contributed by atoms with Crippen molar-refractivity contribution < 1.29 is 23.7 Å². The SMILES string of the molecule is C.C.C.C=C.C=C.C=C.O=C1CCc2ccccc2N1.c1ccc2c(c1)OCCO2.c1ccc2c(c1)OCO2. The predicted molar refractivity (Wildman–Crippen MR) is 167 cm³/mol. The maximum atomic E-state index is 10.9. The molecule has 0 unspecified atom stereocenters. The summed E-state index contributed by atoms with van der Waals surface area (Å²) in [4.78, 5) is 10.9. The summed E-state index contributed by atoms with van der Waals surface area (Å²) in [5.41, 5.74) is 2.22. The van der Waals surface area contributed by atoms with Crippen molar-refractivity contribution in [3.63, 3.8) is 0 Å². The number of fused-ring (bicyclic) bond motifs is 3. The molecule has 3 aromatic rings. The largest absolute Gasteiger partial charge is 0.486 e. The fourth-order valence-corrected chi connectivity index (χ4v) is 3.16. The molecule has 6 nitrogen and oxygen atoms in total. The van der Waals surface area contributed by atoms with Crippen LogP contribution < -0.4 is 24.3 Å². The van der Waals surface area contributed by atoms with Gasteiger partial charge in [-0.2, -0.15) is 0 Å². The second kappa shape index (κ2) is 23.9. The van der Waals surface area contributed by atoms with Crippen molar-refractivity contribution in [1.29, 1.82) is 0 Å². The first-order chi connectivity index (χ1) is 17.8. The molecule has 0 bridgehead atoms. The minimum atomic E-state index is 0. The molecule has 0 radical (unpaired) electrons. The van der Waals surface area contributed by atoms with E-state index in [0.29, 0.717) is 26.4 Å². The quantitative estimate of drug-likeness (QED) is 0.290. The number of hydrogen-bond donors (Lipinski definition) is 1. The topological polar surface area (TPSA) is 66.0 Å². The molecule has 6 rings (SSSR count). The monoisotopic (exact) mass is 537 g/mol. The van der Waals surface area contributed by atoms with E-state index in [9.17, 15) is 4.79 Å². The maximum Gasteiger partial charge on any atom is 0.231 e. The number of carbonyl (C=O) groups is 1. The van der Waals surface area contributed by atoms with Crippen LogP contribution in [0.25, 0.3) is 0 Å². The van der Waals surface area contributed by atoms with Crippen molar-refractivity contribution in [3.8, 4) is 23.0 Å². The van der Waals surface area contributed by atoms with Gasteiger partial charge in [-0.15, -0.1) is 39.5 Å². The van der Waals surface area contributed by atoms with Gasteiger partial charge in [0.05, 0.1) is 0 Å². The third-order valence-electron chi connectivity index (χ3n) is 4.64. The Balaban J connectivity index is -0.000000440. The van der Waals surface area contributed by atoms with Crippen molar-refractivity contribution in [2.45, 2.75) is 35.1 Å². The summed E-state index contributed by atoms with van der Waals surface area (Å²) in [5, 5.41) is 2.82. The maximum absolute atomic E-state index is 10.9. The van der Waals surface area contributed by atoms with E-state index in [1.54, 1.807) is 0 Å². The van der Waals surface area contributed by atoms with Gasteiger partial charge in [-0.25, -0.2) is 0 Å². The molecule has 0 saturated carbocycles. The molecule has 0 spiro atoms. The Kier molecular flexibility index (Phi) is 24.0. The second-order valence-electron chi connectivity index (χ2n) is 6.70. The van der Waals surface area contributed by atoms with Crippen LogP contribution in [0.1, 0.15) is 34.3 Å². The highest BCUT2D eigenvalue weighted by atomic mass is 16.7. The highest BCUT2D eigenvalue weighted by Crippen LogP contribution is 2.30. The van der Waals surface area contributed by atoms with Crippen molar-refractivity contribution >= 4 is 11.6 Å². The fraction of sp³-hybridized carbons (Fsp3) is 0.242. The van der Waals surface area contributed by atoms with Gasteiger partial charge < -0.3 is 24.3 Å². The lowest BCUT2D eigenvalue weighted by Crippen LogP contribution is -2.18. The van der Waals surface area contributed by atoms with Gasteiger partial charge in [-0.05, 0) is 42.3 Å². The number of para-hydroxylation sites is 5. The number of aryl methyl sites for hydroxylation is 1. The van der Waals surface area contributed by atoms with Gasteiger partial charge in [0.15, 0.2) is 23.0 Å². The van der Waals surface area contributed by atoms with Gasteiger partial charge in [0.1, 0.15) is 13.2 Å². The molecule has 3 aliphatic heterocycles. The lowest BCUT2D eigenvalue weighted by molar-refractivity contribution is -0.116. The number of hydrogen-bond acceptors (Lipinski definition) is 5. The van der Waals surface area contributed by atoms with Crippen LogP contribution in [0, 0.1) is 0 Å². The van der Waals surface area contributed by atoms with Crippen LogP contribution >= 0.6 is 0 Å². The molecule has 3 heterocycles. The Morgan fingerprint density at radius 2 is 0.923 bits per heavy atom. The number of carbonyl (C=O) groups excluding carboxylic acids is 1. The summed E-state index contributed by atoms with van der Waals surface area (Å²) in [5.74, 6) is 3.53. The van der Waals surface area contributed by atoms with Gasteiger partial charge in [0.2, 0.25) is 12.7 Å². The van der Waals surface area contributed by atoms with E-state index in [1.807, 2.05) is 66.7 Å². The molecule has 6 heteroatoms. The fourth-order valence-electron chi connectivity index (χ4n) is 3.16. The van der Waals surface area contributed by atoms with E-state index >= 15 is 0 Å². The first kappa shape index (κ1) is 39.1. The van der Waals surface area contributed by atoms with Crippen molar-refractivity contribution in [3.05, 3.63) is 118 Å². The summed E-state index contributed by atoms with van der Waals surface area (Å²) in [6.45, 7) is 19.7. The molecule has 39 heavy (non-hydrogen) atoms. The molecule has 0 saturated heterocycles. The molecule has 0 fully saturated rings. The summed E-state index contributed by atoms with van der Waals surface area (Å²) in [6, 6.07) is 23.2. The predicted octanol–water partition coefficient (Wildman–Crippen LogP) is 8.76. The van der Waals surface area contributed by atoms with Gasteiger partial charge in [-0.1, -0.05) is 64.7 Å². The lowest BCUT2D eigenvalue weighted by Gasteiger charge is -2.17. The number of anilines is 1. The van der Waals surface area contributed by atoms with Gasteiger partial charge >= 0.3 is 0 Å². The Morgan fingerprint density at radius 1 is 0.538 bits per heavy atom. The van der Waals surface area contributed by atoms with E-state index < -0.39 is 0 Å². The average molecular weight is 538 g/mol. The Labute approximate surface area is 236 Å². The Bertz CT molecular complexity index is 1000. The van der Waals surface area contributed by atoms with E-state index in [-0.39, 0.29) is 28.2 Å². The van der Waals surface area contributed by atoms with Crippen LogP contribution in [-0.2, 0) is 11.2 Å². The molecule has 1 N–H and O–H groups in total. The Hall–Kier alpha value is -4.45. The minimum Gasteiger partial charge on any atom is -0.486 e. The van der Waals surface area contributed by atoms with E-state index in [1.165, 1.54) is 5.56 Å². The highest BCUT2D eigenvalue weighted by molar-refractivity contribution is 5.93. The molecule has 0 atom stereocenters. The second-order valence-corrected chi connectivity index (χ2v) is 6.70. The molecule has 1 amide bonds. The smallest absolute Gasteiger partial charge is 0.231 e. The average Bonchev–Trinajstić information content (AvgIpc) is 3.46. The summed E-state index contributed by atoms with van der Waals surface area (Å²) in [7, 11) is 0. The number of nitrogens with one attached hydrogen (secondary N) is 1. The molecule has 3 aliphatic rings. The van der Waals surface area contributed by atoms with Crippen molar-refractivity contribution in [2.24, 2.45) is 0 Å². The molecular formula is C33H47NO5. The molecule has 214 valence electrons. The molecule has 0 aliphatic carbocycles. The van der Waals surface area contributed by atoms with Crippen LogP contribution in [0.2, 0.25) is 0 Å². The van der Waals surface area contributed by atoms with Gasteiger partial charge in [-0.3, -0.25) is 4.79 Å². The standard InChI is InChI=1S/C9H9NO.C8H8O2.C7H6O2.3C2H4.3CH4/c11-9-6-5-7-3-1-2-4-8(7)10-9;1-2-4-8-7(3-1)9-5-6-10-8;1-2-4-7-6(3-1)8-5-9-7;3*1-2;;;/h1-4H,5-6H2,(H,10,11);1-4H,5-6H2;1-4H,5H2;3*1-2H2;3*1H4. The number of benzene rings is 3.